The third kappa shape index (κ3) is 5.06. The monoisotopic (exact) mass is 437 g/mol. The Kier molecular flexibility index (Phi) is 9.31. The van der Waals surface area contributed by atoms with Crippen molar-refractivity contribution in [2.45, 2.75) is 57.9 Å². The van der Waals surface area contributed by atoms with Gasteiger partial charge in [0.05, 0.1) is 0 Å². The molecule has 2 unspecified atom stereocenters. The van der Waals surface area contributed by atoms with Crippen LogP contribution in [0.15, 0.2) is 0 Å². The molecule has 1 nitrogen and oxygen atoms in total. The lowest BCUT2D eigenvalue weighted by Gasteiger charge is -2.38. The van der Waals surface area contributed by atoms with Crippen LogP contribution in [0, 0.1) is 5.92 Å². The molecule has 92 valence electrons. The van der Waals surface area contributed by atoms with Gasteiger partial charge in [-0.15, -0.1) is 48.0 Å². The molecule has 0 radical (unpaired) electrons. The topological polar surface area (TPSA) is 3.24 Å². The van der Waals surface area contributed by atoms with Crippen LogP contribution in [-0.4, -0.2) is 24.0 Å². The molecule has 0 aromatic heterocycles. The average molecular weight is 437 g/mol. The Morgan fingerprint density at radius 1 is 0.867 bits per heavy atom. The van der Waals surface area contributed by atoms with Gasteiger partial charge in [0.1, 0.15) is 0 Å². The van der Waals surface area contributed by atoms with Crippen LogP contribution in [0.3, 0.4) is 0 Å². The van der Waals surface area contributed by atoms with Crippen molar-refractivity contribution in [3.8, 4) is 0 Å². The highest BCUT2D eigenvalue weighted by molar-refractivity contribution is 14.0. The van der Waals surface area contributed by atoms with Crippen molar-refractivity contribution in [2.24, 2.45) is 5.92 Å². The van der Waals surface area contributed by atoms with Gasteiger partial charge in [-0.3, -0.25) is 0 Å². The summed E-state index contributed by atoms with van der Waals surface area (Å²) in [6.45, 7) is 5.20. The average Bonchev–Trinajstić information content (AvgIpc) is 2.19. The summed E-state index contributed by atoms with van der Waals surface area (Å²) >= 11 is 0. The minimum absolute atomic E-state index is 0. The summed E-state index contributed by atoms with van der Waals surface area (Å²) in [4.78, 5) is 2.76. The first kappa shape index (κ1) is 16.4. The molecule has 0 aromatic rings. The number of nitrogens with zero attached hydrogens (tertiary/aromatic N) is 1. The molecule has 1 aliphatic carbocycles. The Balaban J connectivity index is 0.000000980. The van der Waals surface area contributed by atoms with E-state index < -0.39 is 0 Å². The van der Waals surface area contributed by atoms with Gasteiger partial charge < -0.3 is 4.90 Å². The van der Waals surface area contributed by atoms with Gasteiger partial charge >= 0.3 is 0 Å². The van der Waals surface area contributed by atoms with Crippen LogP contribution >= 0.6 is 48.0 Å². The molecule has 2 fully saturated rings. The quantitative estimate of drug-likeness (QED) is 0.554. The molecule has 0 bridgehead atoms. The molecule has 0 aromatic carbocycles. The predicted molar refractivity (Wildman–Crippen MR) is 87.7 cm³/mol. The van der Waals surface area contributed by atoms with E-state index in [1.807, 2.05) is 0 Å². The second-order valence-electron chi connectivity index (χ2n) is 5.02. The molecule has 0 spiro atoms. The normalized spacial score (nSPS) is 32.6. The van der Waals surface area contributed by atoms with Gasteiger partial charge in [0.2, 0.25) is 0 Å². The highest BCUT2D eigenvalue weighted by Gasteiger charge is 2.25. The first-order valence-corrected chi connectivity index (χ1v) is 6.10. The largest absolute Gasteiger partial charge is 0.300 e. The van der Waals surface area contributed by atoms with Crippen molar-refractivity contribution in [3.63, 3.8) is 0 Å². The van der Waals surface area contributed by atoms with E-state index in [-0.39, 0.29) is 48.0 Å². The summed E-state index contributed by atoms with van der Waals surface area (Å²) in [5, 5.41) is 0. The number of hydrogen-bond acceptors (Lipinski definition) is 1. The summed E-state index contributed by atoms with van der Waals surface area (Å²) < 4.78 is 0. The Labute approximate surface area is 129 Å². The maximum absolute atomic E-state index is 2.76. The molecule has 1 aliphatic heterocycles. The summed E-state index contributed by atoms with van der Waals surface area (Å²) in [5.74, 6) is 0.987. The van der Waals surface area contributed by atoms with Crippen molar-refractivity contribution in [1.29, 1.82) is 0 Å². The highest BCUT2D eigenvalue weighted by atomic mass is 127. The molecule has 2 rings (SSSR count). The van der Waals surface area contributed by atoms with Crippen LogP contribution in [-0.2, 0) is 0 Å². The molecule has 3 heteroatoms. The lowest BCUT2D eigenvalue weighted by Crippen LogP contribution is -2.41. The number of hydrogen-bond donors (Lipinski definition) is 0. The molecule has 15 heavy (non-hydrogen) atoms. The number of halogens is 2. The first-order chi connectivity index (χ1) is 6.36. The molecule has 0 N–H and O–H groups in total. The van der Waals surface area contributed by atoms with E-state index in [4.69, 9.17) is 0 Å². The molecule has 1 saturated carbocycles. The molecule has 2 aliphatic rings. The zero-order valence-electron chi connectivity index (χ0n) is 9.78. The Morgan fingerprint density at radius 3 is 2.13 bits per heavy atom. The summed E-state index contributed by atoms with van der Waals surface area (Å²) in [7, 11) is 0. The smallest absolute Gasteiger partial charge is 0.00977 e. The molecule has 1 saturated heterocycles. The summed E-state index contributed by atoms with van der Waals surface area (Å²) in [6, 6.07) is 0.948. The third-order valence-corrected chi connectivity index (χ3v) is 3.82. The second kappa shape index (κ2) is 8.50. The van der Waals surface area contributed by atoms with Gasteiger partial charge in [-0.05, 0) is 44.7 Å². The van der Waals surface area contributed by atoms with Crippen molar-refractivity contribution >= 4 is 48.0 Å². The molecular formula is C12H25I2N. The van der Waals surface area contributed by atoms with E-state index in [2.05, 4.69) is 11.8 Å². The van der Waals surface area contributed by atoms with Crippen LogP contribution in [0.4, 0.5) is 0 Å². The van der Waals surface area contributed by atoms with E-state index in [1.54, 1.807) is 0 Å². The molecule has 1 heterocycles. The van der Waals surface area contributed by atoms with E-state index in [0.717, 1.165) is 12.0 Å². The van der Waals surface area contributed by atoms with E-state index in [1.165, 1.54) is 58.0 Å². The lowest BCUT2D eigenvalue weighted by molar-refractivity contribution is 0.113. The second-order valence-corrected chi connectivity index (χ2v) is 5.02. The van der Waals surface area contributed by atoms with Crippen molar-refractivity contribution < 1.29 is 0 Å². The van der Waals surface area contributed by atoms with Crippen LogP contribution < -0.4 is 0 Å². The Morgan fingerprint density at radius 2 is 1.53 bits per heavy atom. The Bertz CT molecular complexity index is 158. The van der Waals surface area contributed by atoms with Crippen LogP contribution in [0.5, 0.6) is 0 Å². The summed E-state index contributed by atoms with van der Waals surface area (Å²) in [5.41, 5.74) is 0. The predicted octanol–water partition coefficient (Wildman–Crippen LogP) is 4.29. The lowest BCUT2D eigenvalue weighted by atomic mass is 9.85. The standard InChI is InChI=1S/C12H23N.2HI/c1-11-6-5-7-12(10-11)13-8-3-2-4-9-13;;/h11-12H,2-10H2,1H3;2*1H. The highest BCUT2D eigenvalue weighted by Crippen LogP contribution is 2.28. The van der Waals surface area contributed by atoms with Gasteiger partial charge in [0.25, 0.3) is 0 Å². The number of rotatable bonds is 1. The third-order valence-electron chi connectivity index (χ3n) is 3.82. The molecule has 2 atom stereocenters. The van der Waals surface area contributed by atoms with Gasteiger partial charge in [-0.25, -0.2) is 0 Å². The minimum Gasteiger partial charge on any atom is -0.300 e. The fourth-order valence-electron chi connectivity index (χ4n) is 3.02. The number of piperidine rings is 1. The van der Waals surface area contributed by atoms with Gasteiger partial charge in [0, 0.05) is 6.04 Å². The first-order valence-electron chi connectivity index (χ1n) is 6.10. The van der Waals surface area contributed by atoms with E-state index in [9.17, 15) is 0 Å². The maximum Gasteiger partial charge on any atom is 0.00977 e. The van der Waals surface area contributed by atoms with Crippen LogP contribution in [0.25, 0.3) is 0 Å². The maximum atomic E-state index is 2.76. The van der Waals surface area contributed by atoms with Gasteiger partial charge in [-0.2, -0.15) is 0 Å². The van der Waals surface area contributed by atoms with Crippen molar-refractivity contribution in [1.82, 2.24) is 4.90 Å². The fraction of sp³-hybridized carbons (Fsp3) is 1.00. The fourth-order valence-corrected chi connectivity index (χ4v) is 3.02. The van der Waals surface area contributed by atoms with Crippen LogP contribution in [0.1, 0.15) is 51.9 Å². The zero-order valence-corrected chi connectivity index (χ0v) is 14.4. The minimum atomic E-state index is 0. The number of likely N-dealkylation sites (tertiary alicyclic amines) is 1. The van der Waals surface area contributed by atoms with Gasteiger partial charge in [-0.1, -0.05) is 26.2 Å². The van der Waals surface area contributed by atoms with E-state index in [0.29, 0.717) is 0 Å². The molecular weight excluding hydrogens is 412 g/mol. The SMILES string of the molecule is CC1CCCC(N2CCCCC2)C1.I.I. The summed E-state index contributed by atoms with van der Waals surface area (Å²) in [6.07, 6.45) is 10.3. The molecule has 0 amide bonds. The Hall–Kier alpha value is 1.42. The van der Waals surface area contributed by atoms with E-state index >= 15 is 0 Å². The van der Waals surface area contributed by atoms with Crippen molar-refractivity contribution in [3.05, 3.63) is 0 Å². The van der Waals surface area contributed by atoms with Gasteiger partial charge in [0.15, 0.2) is 0 Å². The van der Waals surface area contributed by atoms with Crippen molar-refractivity contribution in [2.75, 3.05) is 13.1 Å². The van der Waals surface area contributed by atoms with Crippen LogP contribution in [0.2, 0.25) is 0 Å². The zero-order chi connectivity index (χ0) is 9.10.